The Bertz CT molecular complexity index is 807. The Labute approximate surface area is 148 Å². The molecule has 0 saturated carbocycles. The largest absolute Gasteiger partial charge is 0.375 e. The van der Waals surface area contributed by atoms with Gasteiger partial charge in [0.2, 0.25) is 10.0 Å². The van der Waals surface area contributed by atoms with Crippen molar-refractivity contribution in [3.05, 3.63) is 60.2 Å². The maximum Gasteiger partial charge on any atom is 0.251 e. The van der Waals surface area contributed by atoms with Crippen molar-refractivity contribution in [1.82, 2.24) is 10.0 Å². The zero-order valence-electron chi connectivity index (χ0n) is 14.4. The Morgan fingerprint density at radius 2 is 1.80 bits per heavy atom. The molecular formula is C18H23N3O3S. The molecule has 0 spiro atoms. The number of benzene rings is 2. The van der Waals surface area contributed by atoms with Crippen LogP contribution >= 0.6 is 0 Å². The highest BCUT2D eigenvalue weighted by Crippen LogP contribution is 2.12. The SMILES string of the molecule is CNS(=O)(=O)c1cccc(C(=O)NCCCN(C)c2ccccc2)c1. The number of carbonyl (C=O) groups is 1. The molecule has 0 atom stereocenters. The van der Waals surface area contributed by atoms with Gasteiger partial charge < -0.3 is 10.2 Å². The summed E-state index contributed by atoms with van der Waals surface area (Å²) >= 11 is 0. The minimum Gasteiger partial charge on any atom is -0.375 e. The van der Waals surface area contributed by atoms with Gasteiger partial charge in [0.1, 0.15) is 0 Å². The Morgan fingerprint density at radius 1 is 1.08 bits per heavy atom. The number of para-hydroxylation sites is 1. The van der Waals surface area contributed by atoms with E-state index in [9.17, 15) is 13.2 Å². The molecule has 0 saturated heterocycles. The molecule has 2 rings (SSSR count). The highest BCUT2D eigenvalue weighted by atomic mass is 32.2. The zero-order valence-corrected chi connectivity index (χ0v) is 15.2. The van der Waals surface area contributed by atoms with Crippen molar-refractivity contribution in [1.29, 1.82) is 0 Å². The fraction of sp³-hybridized carbons (Fsp3) is 0.278. The number of carbonyl (C=O) groups excluding carboxylic acids is 1. The normalized spacial score (nSPS) is 11.1. The van der Waals surface area contributed by atoms with Gasteiger partial charge in [-0.3, -0.25) is 4.79 Å². The topological polar surface area (TPSA) is 78.5 Å². The number of hydrogen-bond acceptors (Lipinski definition) is 4. The van der Waals surface area contributed by atoms with Crippen LogP contribution in [0.1, 0.15) is 16.8 Å². The number of amides is 1. The molecule has 7 heteroatoms. The molecule has 0 heterocycles. The summed E-state index contributed by atoms with van der Waals surface area (Å²) in [5.41, 5.74) is 1.45. The second kappa shape index (κ2) is 8.64. The van der Waals surface area contributed by atoms with E-state index >= 15 is 0 Å². The molecule has 2 aromatic carbocycles. The minimum absolute atomic E-state index is 0.0754. The standard InChI is InChI=1S/C18H23N3O3S/c1-19-25(23,24)17-11-6-8-15(14-17)18(22)20-12-7-13-21(2)16-9-4-3-5-10-16/h3-6,8-11,14,19H,7,12-13H2,1-2H3,(H,20,22). The van der Waals surface area contributed by atoms with Crippen molar-refractivity contribution in [3.63, 3.8) is 0 Å². The van der Waals surface area contributed by atoms with Gasteiger partial charge in [-0.05, 0) is 43.8 Å². The van der Waals surface area contributed by atoms with Crippen molar-refractivity contribution < 1.29 is 13.2 Å². The Hall–Kier alpha value is -2.38. The van der Waals surface area contributed by atoms with Crippen molar-refractivity contribution >= 4 is 21.6 Å². The summed E-state index contributed by atoms with van der Waals surface area (Å²) in [5, 5.41) is 2.82. The van der Waals surface area contributed by atoms with E-state index in [-0.39, 0.29) is 10.8 Å². The fourth-order valence-corrected chi connectivity index (χ4v) is 3.13. The maximum atomic E-state index is 12.2. The Morgan fingerprint density at radius 3 is 2.48 bits per heavy atom. The first kappa shape index (κ1) is 19.0. The third-order valence-corrected chi connectivity index (χ3v) is 5.24. The van der Waals surface area contributed by atoms with Crippen LogP contribution in [-0.2, 0) is 10.0 Å². The Kier molecular flexibility index (Phi) is 6.55. The van der Waals surface area contributed by atoms with Gasteiger partial charge in [-0.2, -0.15) is 0 Å². The molecule has 2 N–H and O–H groups in total. The van der Waals surface area contributed by atoms with Crippen LogP contribution in [0.15, 0.2) is 59.5 Å². The predicted octanol–water partition coefficient (Wildman–Crippen LogP) is 1.85. The summed E-state index contributed by atoms with van der Waals surface area (Å²) in [6, 6.07) is 16.0. The smallest absolute Gasteiger partial charge is 0.251 e. The summed E-state index contributed by atoms with van der Waals surface area (Å²) in [6.45, 7) is 1.32. The van der Waals surface area contributed by atoms with Crippen LogP contribution in [0.25, 0.3) is 0 Å². The molecule has 134 valence electrons. The first-order chi connectivity index (χ1) is 11.9. The Balaban J connectivity index is 1.86. The molecule has 0 bridgehead atoms. The molecule has 6 nitrogen and oxygen atoms in total. The van der Waals surface area contributed by atoms with E-state index in [0.717, 1.165) is 18.7 Å². The first-order valence-electron chi connectivity index (χ1n) is 8.02. The third kappa shape index (κ3) is 5.30. The predicted molar refractivity (Wildman–Crippen MR) is 99.3 cm³/mol. The second-order valence-corrected chi connectivity index (χ2v) is 7.49. The lowest BCUT2D eigenvalue weighted by atomic mass is 10.2. The van der Waals surface area contributed by atoms with Crippen LogP contribution in [-0.4, -0.2) is 41.5 Å². The van der Waals surface area contributed by atoms with Crippen LogP contribution in [0, 0.1) is 0 Å². The lowest BCUT2D eigenvalue weighted by molar-refractivity contribution is 0.0953. The zero-order chi connectivity index (χ0) is 18.3. The van der Waals surface area contributed by atoms with Gasteiger partial charge >= 0.3 is 0 Å². The minimum atomic E-state index is -3.56. The molecule has 0 fully saturated rings. The van der Waals surface area contributed by atoms with Crippen molar-refractivity contribution in [2.24, 2.45) is 0 Å². The van der Waals surface area contributed by atoms with Crippen LogP contribution in [0.5, 0.6) is 0 Å². The van der Waals surface area contributed by atoms with Crippen LogP contribution in [0.3, 0.4) is 0 Å². The highest BCUT2D eigenvalue weighted by Gasteiger charge is 2.14. The second-order valence-electron chi connectivity index (χ2n) is 5.60. The summed E-state index contributed by atoms with van der Waals surface area (Å²) in [4.78, 5) is 14.4. The fourth-order valence-electron chi connectivity index (χ4n) is 2.35. The number of nitrogens with zero attached hydrogens (tertiary/aromatic N) is 1. The van der Waals surface area contributed by atoms with Crippen molar-refractivity contribution in [2.45, 2.75) is 11.3 Å². The van der Waals surface area contributed by atoms with Gasteiger partial charge in [-0.15, -0.1) is 0 Å². The van der Waals surface area contributed by atoms with Gasteiger partial charge in [0.25, 0.3) is 5.91 Å². The summed E-state index contributed by atoms with van der Waals surface area (Å²) < 4.78 is 25.8. The third-order valence-electron chi connectivity index (χ3n) is 3.83. The van der Waals surface area contributed by atoms with Crippen molar-refractivity contribution in [2.75, 3.05) is 32.1 Å². The van der Waals surface area contributed by atoms with E-state index in [0.29, 0.717) is 12.1 Å². The summed E-state index contributed by atoms with van der Waals surface area (Å²) in [5.74, 6) is -0.282. The molecule has 0 aliphatic heterocycles. The molecule has 25 heavy (non-hydrogen) atoms. The molecule has 0 aliphatic carbocycles. The molecule has 0 unspecified atom stereocenters. The van der Waals surface area contributed by atoms with E-state index in [4.69, 9.17) is 0 Å². The molecule has 2 aromatic rings. The van der Waals surface area contributed by atoms with Crippen LogP contribution in [0.4, 0.5) is 5.69 Å². The lowest BCUT2D eigenvalue weighted by Crippen LogP contribution is -2.28. The first-order valence-corrected chi connectivity index (χ1v) is 9.50. The van der Waals surface area contributed by atoms with Gasteiger partial charge in [-0.1, -0.05) is 24.3 Å². The van der Waals surface area contributed by atoms with Crippen molar-refractivity contribution in [3.8, 4) is 0 Å². The number of rotatable bonds is 8. The van der Waals surface area contributed by atoms with E-state index < -0.39 is 10.0 Å². The van der Waals surface area contributed by atoms with Gasteiger partial charge in [0, 0.05) is 31.4 Å². The van der Waals surface area contributed by atoms with Crippen LogP contribution < -0.4 is 14.9 Å². The summed E-state index contributed by atoms with van der Waals surface area (Å²) in [7, 11) is -0.216. The van der Waals surface area contributed by atoms with Crippen LogP contribution in [0.2, 0.25) is 0 Å². The lowest BCUT2D eigenvalue weighted by Gasteiger charge is -2.19. The van der Waals surface area contributed by atoms with Gasteiger partial charge in [0.05, 0.1) is 4.90 Å². The average molecular weight is 361 g/mol. The quantitative estimate of drug-likeness (QED) is 0.704. The van der Waals surface area contributed by atoms with E-state index in [1.165, 1.54) is 19.2 Å². The number of anilines is 1. The molecular weight excluding hydrogens is 338 g/mol. The van der Waals surface area contributed by atoms with E-state index in [1.54, 1.807) is 12.1 Å². The van der Waals surface area contributed by atoms with E-state index in [1.807, 2.05) is 37.4 Å². The van der Waals surface area contributed by atoms with Gasteiger partial charge in [0.15, 0.2) is 0 Å². The maximum absolute atomic E-state index is 12.2. The number of sulfonamides is 1. The van der Waals surface area contributed by atoms with E-state index in [2.05, 4.69) is 14.9 Å². The number of nitrogens with one attached hydrogen (secondary N) is 2. The molecule has 0 aliphatic rings. The highest BCUT2D eigenvalue weighted by molar-refractivity contribution is 7.89. The monoisotopic (exact) mass is 361 g/mol. The number of hydrogen-bond donors (Lipinski definition) is 2. The van der Waals surface area contributed by atoms with Gasteiger partial charge in [-0.25, -0.2) is 13.1 Å². The average Bonchev–Trinajstić information content (AvgIpc) is 2.65. The molecule has 0 aromatic heterocycles. The molecule has 0 radical (unpaired) electrons. The molecule has 1 amide bonds. The summed E-state index contributed by atoms with van der Waals surface area (Å²) in [6.07, 6.45) is 0.783.